The highest BCUT2D eigenvalue weighted by molar-refractivity contribution is 6.29. The normalized spacial score (nSPS) is 11.4. The van der Waals surface area contributed by atoms with Crippen molar-refractivity contribution in [2.75, 3.05) is 0 Å². The molecule has 0 fully saturated rings. The second-order valence-electron chi connectivity index (χ2n) is 5.81. The Morgan fingerprint density at radius 2 is 1.90 bits per heavy atom. The molecule has 3 nitrogen and oxygen atoms in total. The Kier molecular flexibility index (Phi) is 4.29. The molecule has 0 saturated heterocycles. The molecule has 0 N–H and O–H groups in total. The van der Waals surface area contributed by atoms with Crippen LogP contribution >= 0.6 is 11.6 Å². The van der Waals surface area contributed by atoms with Crippen molar-refractivity contribution >= 4 is 11.6 Å². The van der Waals surface area contributed by atoms with E-state index in [-0.39, 0.29) is 5.41 Å². The molecule has 0 radical (unpaired) electrons. The van der Waals surface area contributed by atoms with E-state index in [0.29, 0.717) is 17.6 Å². The second-order valence-corrected chi connectivity index (χ2v) is 6.20. The van der Waals surface area contributed by atoms with Gasteiger partial charge in [-0.05, 0) is 36.1 Å². The van der Waals surface area contributed by atoms with Crippen LogP contribution in [0.3, 0.4) is 0 Å². The van der Waals surface area contributed by atoms with Gasteiger partial charge in [0.2, 0.25) is 0 Å². The second kappa shape index (κ2) is 5.80. The van der Waals surface area contributed by atoms with Crippen LogP contribution in [0.2, 0.25) is 5.15 Å². The molecule has 0 aliphatic carbocycles. The molecule has 0 aliphatic heterocycles. The molecule has 1 aromatic carbocycles. The Balaban J connectivity index is 2.11. The van der Waals surface area contributed by atoms with Gasteiger partial charge in [0.25, 0.3) is 0 Å². The number of aromatic nitrogens is 2. The third-order valence-corrected chi connectivity index (χ3v) is 3.13. The van der Waals surface area contributed by atoms with Crippen molar-refractivity contribution < 1.29 is 4.74 Å². The van der Waals surface area contributed by atoms with Gasteiger partial charge in [-0.25, -0.2) is 9.97 Å². The van der Waals surface area contributed by atoms with E-state index in [1.165, 1.54) is 5.56 Å². The first kappa shape index (κ1) is 14.8. The van der Waals surface area contributed by atoms with E-state index in [2.05, 4.69) is 42.9 Å². The fraction of sp³-hybridized carbons (Fsp3) is 0.375. The predicted molar refractivity (Wildman–Crippen MR) is 81.3 cm³/mol. The third kappa shape index (κ3) is 3.94. The van der Waals surface area contributed by atoms with Crippen LogP contribution in [0, 0.1) is 6.92 Å². The Hall–Kier alpha value is -1.61. The molecule has 106 valence electrons. The zero-order valence-electron chi connectivity index (χ0n) is 12.3. The molecule has 0 spiro atoms. The van der Waals surface area contributed by atoms with E-state index >= 15 is 0 Å². The Morgan fingerprint density at radius 3 is 2.55 bits per heavy atom. The smallest absolute Gasteiger partial charge is 0.167 e. The number of aryl methyl sites for hydroxylation is 1. The molecule has 0 aliphatic rings. The highest BCUT2D eigenvalue weighted by Gasteiger charge is 2.14. The van der Waals surface area contributed by atoms with Gasteiger partial charge in [0.15, 0.2) is 5.82 Å². The van der Waals surface area contributed by atoms with E-state index in [4.69, 9.17) is 16.3 Å². The average Bonchev–Trinajstić information content (AvgIpc) is 2.35. The molecule has 0 amide bonds. The summed E-state index contributed by atoms with van der Waals surface area (Å²) in [6.07, 6.45) is 0. The quantitative estimate of drug-likeness (QED) is 0.790. The molecule has 0 saturated carbocycles. The fourth-order valence-electron chi connectivity index (χ4n) is 1.85. The summed E-state index contributed by atoms with van der Waals surface area (Å²) in [5.41, 5.74) is 2.17. The minimum atomic E-state index is 0.0997. The minimum absolute atomic E-state index is 0.0997. The Labute approximate surface area is 125 Å². The molecular weight excluding hydrogens is 272 g/mol. The molecule has 2 aromatic rings. The first-order valence-corrected chi connectivity index (χ1v) is 6.96. The molecule has 20 heavy (non-hydrogen) atoms. The summed E-state index contributed by atoms with van der Waals surface area (Å²) in [5.74, 6) is 1.41. The van der Waals surface area contributed by atoms with Crippen LogP contribution in [0.25, 0.3) is 0 Å². The number of nitrogens with zero attached hydrogens (tertiary/aromatic N) is 2. The lowest BCUT2D eigenvalue weighted by atomic mass is 9.87. The van der Waals surface area contributed by atoms with Crippen LogP contribution in [-0.2, 0) is 12.0 Å². The maximum Gasteiger partial charge on any atom is 0.167 e. The minimum Gasteiger partial charge on any atom is -0.486 e. The molecule has 1 aromatic heterocycles. The first-order chi connectivity index (χ1) is 9.34. The van der Waals surface area contributed by atoms with Crippen molar-refractivity contribution in [2.24, 2.45) is 0 Å². The van der Waals surface area contributed by atoms with Gasteiger partial charge in [0.05, 0.1) is 0 Å². The van der Waals surface area contributed by atoms with Crippen LogP contribution in [0.4, 0.5) is 0 Å². The lowest BCUT2D eigenvalue weighted by molar-refractivity contribution is 0.294. The van der Waals surface area contributed by atoms with Gasteiger partial charge in [-0.15, -0.1) is 0 Å². The Morgan fingerprint density at radius 1 is 1.15 bits per heavy atom. The van der Waals surface area contributed by atoms with E-state index in [0.717, 1.165) is 11.4 Å². The largest absolute Gasteiger partial charge is 0.486 e. The first-order valence-electron chi connectivity index (χ1n) is 6.58. The molecular formula is C16H19ClN2O. The number of rotatable bonds is 3. The lowest BCUT2D eigenvalue weighted by Crippen LogP contribution is -2.11. The molecule has 0 atom stereocenters. The fourth-order valence-corrected chi connectivity index (χ4v) is 2.11. The number of hydrogen-bond donors (Lipinski definition) is 0. The summed E-state index contributed by atoms with van der Waals surface area (Å²) in [4.78, 5) is 8.45. The zero-order valence-corrected chi connectivity index (χ0v) is 13.0. The number of benzene rings is 1. The topological polar surface area (TPSA) is 35.0 Å². The van der Waals surface area contributed by atoms with Crippen LogP contribution in [0.5, 0.6) is 5.75 Å². The maximum absolute atomic E-state index is 5.91. The maximum atomic E-state index is 5.91. The van der Waals surface area contributed by atoms with Gasteiger partial charge < -0.3 is 4.74 Å². The summed E-state index contributed by atoms with van der Waals surface area (Å²) in [6.45, 7) is 8.73. The summed E-state index contributed by atoms with van der Waals surface area (Å²) < 4.78 is 5.75. The molecule has 0 bridgehead atoms. The number of hydrogen-bond acceptors (Lipinski definition) is 3. The predicted octanol–water partition coefficient (Wildman–Crippen LogP) is 4.31. The molecule has 1 heterocycles. The van der Waals surface area contributed by atoms with Gasteiger partial charge in [-0.1, -0.05) is 44.5 Å². The standard InChI is InChI=1S/C16H19ClN2O/c1-11-8-14(17)19-15(18-11)10-20-13-7-5-6-12(9-13)16(2,3)4/h5-9H,10H2,1-4H3. The monoisotopic (exact) mass is 290 g/mol. The van der Waals surface area contributed by atoms with Crippen molar-refractivity contribution in [1.29, 1.82) is 0 Å². The summed E-state index contributed by atoms with van der Waals surface area (Å²) >= 11 is 5.91. The van der Waals surface area contributed by atoms with E-state index in [1.54, 1.807) is 6.07 Å². The van der Waals surface area contributed by atoms with Gasteiger partial charge in [-0.2, -0.15) is 0 Å². The molecule has 4 heteroatoms. The summed E-state index contributed by atoms with van der Waals surface area (Å²) in [7, 11) is 0. The van der Waals surface area contributed by atoms with Crippen molar-refractivity contribution in [3.63, 3.8) is 0 Å². The van der Waals surface area contributed by atoms with Crippen molar-refractivity contribution in [3.05, 3.63) is 52.6 Å². The van der Waals surface area contributed by atoms with Crippen LogP contribution in [0.15, 0.2) is 30.3 Å². The lowest BCUT2D eigenvalue weighted by Gasteiger charge is -2.19. The zero-order chi connectivity index (χ0) is 14.8. The average molecular weight is 291 g/mol. The summed E-state index contributed by atoms with van der Waals surface area (Å²) in [6, 6.07) is 9.82. The van der Waals surface area contributed by atoms with Crippen LogP contribution < -0.4 is 4.74 Å². The van der Waals surface area contributed by atoms with Gasteiger partial charge in [0, 0.05) is 5.69 Å². The van der Waals surface area contributed by atoms with Crippen molar-refractivity contribution in [1.82, 2.24) is 9.97 Å². The van der Waals surface area contributed by atoms with Crippen molar-refractivity contribution in [3.8, 4) is 5.75 Å². The van der Waals surface area contributed by atoms with Gasteiger partial charge in [-0.3, -0.25) is 0 Å². The third-order valence-electron chi connectivity index (χ3n) is 2.94. The van der Waals surface area contributed by atoms with Crippen LogP contribution in [0.1, 0.15) is 37.9 Å². The van der Waals surface area contributed by atoms with Crippen LogP contribution in [-0.4, -0.2) is 9.97 Å². The van der Waals surface area contributed by atoms with E-state index in [9.17, 15) is 0 Å². The number of ether oxygens (including phenoxy) is 1. The van der Waals surface area contributed by atoms with E-state index in [1.807, 2.05) is 19.1 Å². The molecule has 2 rings (SSSR count). The van der Waals surface area contributed by atoms with Crippen molar-refractivity contribution in [2.45, 2.75) is 39.7 Å². The Bertz CT molecular complexity index is 585. The number of halogens is 1. The van der Waals surface area contributed by atoms with Gasteiger partial charge in [0.1, 0.15) is 17.5 Å². The van der Waals surface area contributed by atoms with Gasteiger partial charge >= 0.3 is 0 Å². The SMILES string of the molecule is Cc1cc(Cl)nc(COc2cccc(C(C)(C)C)c2)n1. The summed E-state index contributed by atoms with van der Waals surface area (Å²) in [5, 5.41) is 0.444. The molecule has 0 unspecified atom stereocenters. The highest BCUT2D eigenvalue weighted by Crippen LogP contribution is 2.25. The van der Waals surface area contributed by atoms with E-state index < -0.39 is 0 Å². The highest BCUT2D eigenvalue weighted by atomic mass is 35.5.